The zero-order chi connectivity index (χ0) is 22.1. The number of ether oxygens (including phenoxy) is 1. The number of nitrogens with two attached hydrogens (primary N) is 1. The fourth-order valence-electron chi connectivity index (χ4n) is 3.36. The fourth-order valence-corrected chi connectivity index (χ4v) is 3.36. The molecule has 9 heteroatoms. The Balaban J connectivity index is 1.87. The van der Waals surface area contributed by atoms with Gasteiger partial charge >= 0.3 is 6.09 Å². The van der Waals surface area contributed by atoms with Crippen molar-refractivity contribution in [2.45, 2.75) is 51.8 Å². The Hall–Kier alpha value is -3.10. The molecule has 0 aliphatic carbocycles. The van der Waals surface area contributed by atoms with Crippen LogP contribution in [0.2, 0.25) is 0 Å². The normalized spacial score (nSPS) is 16.8. The molecule has 30 heavy (non-hydrogen) atoms. The molecule has 0 saturated carbocycles. The summed E-state index contributed by atoms with van der Waals surface area (Å²) in [6.45, 7) is 4.10. The SMILES string of the molecule is CC(C)C[C@H](NC(=O)OCc1ccccc1)C(=O)NCC(=O)N1CCC[C@H]1C(N)=O. The Kier molecular flexibility index (Phi) is 8.64. The van der Waals surface area contributed by atoms with Gasteiger partial charge in [0.1, 0.15) is 18.7 Å². The monoisotopic (exact) mass is 418 g/mol. The summed E-state index contributed by atoms with van der Waals surface area (Å²) in [5.74, 6) is -1.28. The van der Waals surface area contributed by atoms with E-state index in [0.29, 0.717) is 25.8 Å². The van der Waals surface area contributed by atoms with E-state index in [2.05, 4.69) is 10.6 Å². The van der Waals surface area contributed by atoms with Gasteiger partial charge in [0.15, 0.2) is 0 Å². The lowest BCUT2D eigenvalue weighted by Gasteiger charge is -2.24. The molecule has 1 saturated heterocycles. The van der Waals surface area contributed by atoms with Gasteiger partial charge in [-0.3, -0.25) is 14.4 Å². The van der Waals surface area contributed by atoms with Gasteiger partial charge in [0, 0.05) is 6.54 Å². The van der Waals surface area contributed by atoms with Crippen molar-refractivity contribution in [3.05, 3.63) is 35.9 Å². The summed E-state index contributed by atoms with van der Waals surface area (Å²) in [7, 11) is 0. The van der Waals surface area contributed by atoms with Crippen LogP contribution >= 0.6 is 0 Å². The van der Waals surface area contributed by atoms with Crippen molar-refractivity contribution >= 4 is 23.8 Å². The maximum absolute atomic E-state index is 12.6. The molecule has 0 radical (unpaired) electrons. The van der Waals surface area contributed by atoms with E-state index < -0.39 is 30.0 Å². The largest absolute Gasteiger partial charge is 0.445 e. The van der Waals surface area contributed by atoms with E-state index in [1.165, 1.54) is 4.90 Å². The first kappa shape index (κ1) is 23.2. The molecule has 164 valence electrons. The van der Waals surface area contributed by atoms with Crippen molar-refractivity contribution in [2.75, 3.05) is 13.1 Å². The van der Waals surface area contributed by atoms with Gasteiger partial charge in [-0.1, -0.05) is 44.2 Å². The maximum Gasteiger partial charge on any atom is 0.408 e. The number of carbonyl (C=O) groups is 4. The summed E-state index contributed by atoms with van der Waals surface area (Å²) in [4.78, 5) is 49.9. The minimum atomic E-state index is -0.841. The second-order valence-corrected chi connectivity index (χ2v) is 7.75. The number of nitrogens with zero attached hydrogens (tertiary/aromatic N) is 1. The van der Waals surface area contributed by atoms with Crippen LogP contribution in [0.3, 0.4) is 0 Å². The van der Waals surface area contributed by atoms with Gasteiger partial charge in [0.05, 0.1) is 6.54 Å². The van der Waals surface area contributed by atoms with Gasteiger partial charge in [-0.2, -0.15) is 0 Å². The highest BCUT2D eigenvalue weighted by molar-refractivity contribution is 5.92. The molecule has 1 aromatic rings. The molecule has 1 aromatic carbocycles. The second-order valence-electron chi connectivity index (χ2n) is 7.75. The van der Waals surface area contributed by atoms with Gasteiger partial charge in [-0.15, -0.1) is 0 Å². The Morgan fingerprint density at radius 3 is 2.53 bits per heavy atom. The summed E-state index contributed by atoms with van der Waals surface area (Å²) >= 11 is 0. The van der Waals surface area contributed by atoms with Crippen LogP contribution in [0.15, 0.2) is 30.3 Å². The van der Waals surface area contributed by atoms with Crippen LogP contribution in [0.5, 0.6) is 0 Å². The Morgan fingerprint density at radius 1 is 1.20 bits per heavy atom. The standard InChI is InChI=1S/C21H30N4O5/c1-14(2)11-16(24-21(29)30-13-15-7-4-3-5-8-15)20(28)23-12-18(26)25-10-6-9-17(25)19(22)27/h3-5,7-8,14,16-17H,6,9-13H2,1-2H3,(H2,22,27)(H,23,28)(H,24,29)/t16-,17-/m0/s1. The number of amides is 4. The van der Waals surface area contributed by atoms with E-state index in [-0.39, 0.29) is 25.0 Å². The van der Waals surface area contributed by atoms with E-state index in [9.17, 15) is 19.2 Å². The van der Waals surface area contributed by atoms with Crippen molar-refractivity contribution in [1.29, 1.82) is 0 Å². The average Bonchev–Trinajstić information content (AvgIpc) is 3.20. The topological polar surface area (TPSA) is 131 Å². The molecule has 2 rings (SSSR count). The van der Waals surface area contributed by atoms with Gasteiger partial charge < -0.3 is 26.0 Å². The first-order valence-corrected chi connectivity index (χ1v) is 10.1. The maximum atomic E-state index is 12.6. The molecule has 1 aliphatic rings. The van der Waals surface area contributed by atoms with E-state index in [4.69, 9.17) is 10.5 Å². The molecule has 0 bridgehead atoms. The number of hydrogen-bond donors (Lipinski definition) is 3. The highest BCUT2D eigenvalue weighted by Crippen LogP contribution is 2.16. The summed E-state index contributed by atoms with van der Waals surface area (Å²) in [5, 5.41) is 5.12. The molecule has 1 fully saturated rings. The number of carbonyl (C=O) groups excluding carboxylic acids is 4. The minimum Gasteiger partial charge on any atom is -0.445 e. The van der Waals surface area contributed by atoms with E-state index in [0.717, 1.165) is 5.56 Å². The summed E-state index contributed by atoms with van der Waals surface area (Å²) in [5.41, 5.74) is 6.16. The Morgan fingerprint density at radius 2 is 1.90 bits per heavy atom. The average molecular weight is 418 g/mol. The lowest BCUT2D eigenvalue weighted by atomic mass is 10.0. The van der Waals surface area contributed by atoms with Crippen molar-refractivity contribution < 1.29 is 23.9 Å². The van der Waals surface area contributed by atoms with Crippen LogP contribution in [0.1, 0.15) is 38.7 Å². The van der Waals surface area contributed by atoms with Crippen LogP contribution in [0.4, 0.5) is 4.79 Å². The number of hydrogen-bond acceptors (Lipinski definition) is 5. The molecule has 1 aliphatic heterocycles. The molecule has 4 N–H and O–H groups in total. The fraction of sp³-hybridized carbons (Fsp3) is 0.524. The lowest BCUT2D eigenvalue weighted by Crippen LogP contribution is -2.51. The number of likely N-dealkylation sites (tertiary alicyclic amines) is 1. The smallest absolute Gasteiger partial charge is 0.408 e. The Bertz CT molecular complexity index is 753. The molecule has 9 nitrogen and oxygen atoms in total. The van der Waals surface area contributed by atoms with Gasteiger partial charge in [-0.25, -0.2) is 4.79 Å². The van der Waals surface area contributed by atoms with Crippen LogP contribution in [-0.4, -0.2) is 53.9 Å². The highest BCUT2D eigenvalue weighted by Gasteiger charge is 2.33. The minimum absolute atomic E-state index is 0.0879. The van der Waals surface area contributed by atoms with Crippen LogP contribution < -0.4 is 16.4 Å². The van der Waals surface area contributed by atoms with Gasteiger partial charge in [0.2, 0.25) is 17.7 Å². The second kappa shape index (κ2) is 11.2. The molecule has 0 spiro atoms. The van der Waals surface area contributed by atoms with Crippen molar-refractivity contribution in [2.24, 2.45) is 11.7 Å². The first-order chi connectivity index (χ1) is 14.3. The van der Waals surface area contributed by atoms with E-state index in [1.807, 2.05) is 44.2 Å². The molecule has 1 heterocycles. The Labute approximate surface area is 176 Å². The molecular weight excluding hydrogens is 388 g/mol. The number of nitrogens with one attached hydrogen (secondary N) is 2. The molecule has 2 atom stereocenters. The summed E-state index contributed by atoms with van der Waals surface area (Å²) < 4.78 is 5.18. The van der Waals surface area contributed by atoms with Gasteiger partial charge in [0.25, 0.3) is 0 Å². The zero-order valence-corrected chi connectivity index (χ0v) is 17.4. The van der Waals surface area contributed by atoms with Gasteiger partial charge in [-0.05, 0) is 30.7 Å². The lowest BCUT2D eigenvalue weighted by molar-refractivity contribution is -0.137. The number of primary amides is 1. The predicted molar refractivity (Wildman–Crippen MR) is 110 cm³/mol. The predicted octanol–water partition coefficient (Wildman–Crippen LogP) is 0.920. The third-order valence-corrected chi connectivity index (χ3v) is 4.84. The first-order valence-electron chi connectivity index (χ1n) is 10.1. The molecule has 0 aromatic heterocycles. The molecule has 0 unspecified atom stereocenters. The van der Waals surface area contributed by atoms with Crippen LogP contribution in [-0.2, 0) is 25.7 Å². The van der Waals surface area contributed by atoms with Crippen molar-refractivity contribution in [3.8, 4) is 0 Å². The van der Waals surface area contributed by atoms with Crippen molar-refractivity contribution in [1.82, 2.24) is 15.5 Å². The quantitative estimate of drug-likeness (QED) is 0.549. The third kappa shape index (κ3) is 7.06. The molecule has 4 amide bonds. The van der Waals surface area contributed by atoms with Crippen LogP contribution in [0.25, 0.3) is 0 Å². The van der Waals surface area contributed by atoms with Crippen LogP contribution in [0, 0.1) is 5.92 Å². The molecular formula is C21H30N4O5. The summed E-state index contributed by atoms with van der Waals surface area (Å²) in [6.07, 6.45) is 0.894. The van der Waals surface area contributed by atoms with E-state index >= 15 is 0 Å². The number of benzene rings is 1. The summed E-state index contributed by atoms with van der Waals surface area (Å²) in [6, 6.07) is 7.72. The third-order valence-electron chi connectivity index (χ3n) is 4.84. The van der Waals surface area contributed by atoms with E-state index in [1.54, 1.807) is 0 Å². The van der Waals surface area contributed by atoms with Crippen molar-refractivity contribution in [3.63, 3.8) is 0 Å². The number of alkyl carbamates (subject to hydrolysis) is 1. The highest BCUT2D eigenvalue weighted by atomic mass is 16.5. The number of rotatable bonds is 9. The zero-order valence-electron chi connectivity index (χ0n) is 17.4.